The predicted molar refractivity (Wildman–Crippen MR) is 103 cm³/mol. The predicted octanol–water partition coefficient (Wildman–Crippen LogP) is 1.18. The van der Waals surface area contributed by atoms with E-state index in [0.29, 0.717) is 18.4 Å². The van der Waals surface area contributed by atoms with Gasteiger partial charge in [-0.1, -0.05) is 0 Å². The van der Waals surface area contributed by atoms with Gasteiger partial charge >= 0.3 is 0 Å². The van der Waals surface area contributed by atoms with Crippen molar-refractivity contribution in [3.05, 3.63) is 30.4 Å². The fourth-order valence-electron chi connectivity index (χ4n) is 3.16. The lowest BCUT2D eigenvalue weighted by Crippen LogP contribution is -2.37. The highest BCUT2D eigenvalue weighted by atomic mass is 16.3. The van der Waals surface area contributed by atoms with Gasteiger partial charge in [0.15, 0.2) is 0 Å². The molecule has 140 valence electrons. The molecular weight excluding hydrogens is 330 g/mol. The third kappa shape index (κ3) is 4.37. The Hall–Kier alpha value is -2.48. The van der Waals surface area contributed by atoms with Crippen molar-refractivity contribution in [2.45, 2.75) is 19.4 Å². The largest absolute Gasteiger partial charge is 0.396 e. The van der Waals surface area contributed by atoms with Crippen LogP contribution in [0.25, 0.3) is 0 Å². The molecule has 3 heterocycles. The standard InChI is InChI=1S/C18H27N7O/c1-23(2)18-19-8-15(9-20-18)10-24(3)16-7-17(22-13-21-16)25-6-4-5-14(11-25)12-26/h7-9,13-14,26H,4-6,10-12H2,1-3H3. The molecule has 1 aliphatic rings. The number of aliphatic hydroxyl groups excluding tert-OH is 1. The molecule has 26 heavy (non-hydrogen) atoms. The minimum atomic E-state index is 0.233. The second-order valence-electron chi connectivity index (χ2n) is 7.01. The van der Waals surface area contributed by atoms with Crippen molar-refractivity contribution in [1.29, 1.82) is 0 Å². The number of hydrogen-bond donors (Lipinski definition) is 1. The van der Waals surface area contributed by atoms with Crippen LogP contribution in [0.5, 0.6) is 0 Å². The van der Waals surface area contributed by atoms with Crippen LogP contribution in [-0.2, 0) is 6.54 Å². The summed E-state index contributed by atoms with van der Waals surface area (Å²) in [5.41, 5.74) is 1.02. The Kier molecular flexibility index (Phi) is 5.82. The van der Waals surface area contributed by atoms with Gasteiger partial charge in [0.1, 0.15) is 18.0 Å². The summed E-state index contributed by atoms with van der Waals surface area (Å²) in [6.07, 6.45) is 7.45. The van der Waals surface area contributed by atoms with Crippen LogP contribution in [0.3, 0.4) is 0 Å². The first kappa shape index (κ1) is 18.3. The lowest BCUT2D eigenvalue weighted by atomic mass is 9.99. The van der Waals surface area contributed by atoms with Gasteiger partial charge in [-0.3, -0.25) is 0 Å². The highest BCUT2D eigenvalue weighted by Gasteiger charge is 2.21. The van der Waals surface area contributed by atoms with Crippen molar-refractivity contribution in [2.75, 3.05) is 55.5 Å². The molecule has 8 heteroatoms. The van der Waals surface area contributed by atoms with Gasteiger partial charge in [-0.25, -0.2) is 19.9 Å². The topological polar surface area (TPSA) is 81.5 Å². The van der Waals surface area contributed by atoms with E-state index in [2.05, 4.69) is 29.7 Å². The number of rotatable bonds is 6. The summed E-state index contributed by atoms with van der Waals surface area (Å²) in [6, 6.07) is 2.01. The molecule has 3 rings (SSSR count). The zero-order valence-corrected chi connectivity index (χ0v) is 15.7. The van der Waals surface area contributed by atoms with Gasteiger partial charge in [-0.2, -0.15) is 0 Å². The van der Waals surface area contributed by atoms with E-state index in [9.17, 15) is 5.11 Å². The van der Waals surface area contributed by atoms with Crippen LogP contribution in [0.1, 0.15) is 18.4 Å². The van der Waals surface area contributed by atoms with E-state index < -0.39 is 0 Å². The molecule has 0 aliphatic carbocycles. The summed E-state index contributed by atoms with van der Waals surface area (Å²) in [4.78, 5) is 23.7. The summed E-state index contributed by atoms with van der Waals surface area (Å²) in [6.45, 7) is 2.72. The van der Waals surface area contributed by atoms with Crippen molar-refractivity contribution in [1.82, 2.24) is 19.9 Å². The van der Waals surface area contributed by atoms with Gasteiger partial charge in [0.25, 0.3) is 0 Å². The smallest absolute Gasteiger partial charge is 0.224 e. The molecule has 1 fully saturated rings. The van der Waals surface area contributed by atoms with Crippen LogP contribution in [0, 0.1) is 5.92 Å². The second kappa shape index (κ2) is 8.27. The van der Waals surface area contributed by atoms with E-state index in [4.69, 9.17) is 0 Å². The molecule has 1 unspecified atom stereocenters. The quantitative estimate of drug-likeness (QED) is 0.825. The molecule has 0 bridgehead atoms. The number of aliphatic hydroxyl groups is 1. The maximum absolute atomic E-state index is 9.43. The maximum Gasteiger partial charge on any atom is 0.224 e. The van der Waals surface area contributed by atoms with Crippen molar-refractivity contribution >= 4 is 17.6 Å². The van der Waals surface area contributed by atoms with E-state index in [-0.39, 0.29) is 6.61 Å². The Balaban J connectivity index is 1.68. The maximum atomic E-state index is 9.43. The highest BCUT2D eigenvalue weighted by molar-refractivity contribution is 5.50. The number of anilines is 3. The average molecular weight is 357 g/mol. The Bertz CT molecular complexity index is 707. The van der Waals surface area contributed by atoms with Gasteiger partial charge in [0.05, 0.1) is 0 Å². The van der Waals surface area contributed by atoms with Gasteiger partial charge in [-0.15, -0.1) is 0 Å². The Morgan fingerprint density at radius 3 is 2.62 bits per heavy atom. The highest BCUT2D eigenvalue weighted by Crippen LogP contribution is 2.23. The van der Waals surface area contributed by atoms with E-state index in [1.54, 1.807) is 6.33 Å². The fourth-order valence-corrected chi connectivity index (χ4v) is 3.16. The second-order valence-corrected chi connectivity index (χ2v) is 7.01. The van der Waals surface area contributed by atoms with E-state index in [1.165, 1.54) is 0 Å². The zero-order chi connectivity index (χ0) is 18.5. The molecule has 1 N–H and O–H groups in total. The van der Waals surface area contributed by atoms with Crippen molar-refractivity contribution in [2.24, 2.45) is 5.92 Å². The minimum Gasteiger partial charge on any atom is -0.396 e. The lowest BCUT2D eigenvalue weighted by molar-refractivity contribution is 0.208. The summed E-state index contributed by atoms with van der Waals surface area (Å²) in [5.74, 6) is 2.80. The molecule has 1 aliphatic heterocycles. The van der Waals surface area contributed by atoms with Gasteiger partial charge in [0, 0.05) is 71.4 Å². The normalized spacial score (nSPS) is 17.2. The molecule has 2 aromatic rings. The first-order valence-corrected chi connectivity index (χ1v) is 8.94. The van der Waals surface area contributed by atoms with Crippen LogP contribution in [-0.4, -0.2) is 65.9 Å². The monoisotopic (exact) mass is 357 g/mol. The number of piperidine rings is 1. The van der Waals surface area contributed by atoms with Crippen LogP contribution in [0.2, 0.25) is 0 Å². The molecule has 0 aromatic carbocycles. The molecule has 1 saturated heterocycles. The molecule has 2 aromatic heterocycles. The molecule has 0 radical (unpaired) electrons. The lowest BCUT2D eigenvalue weighted by Gasteiger charge is -2.33. The molecule has 0 spiro atoms. The molecular formula is C18H27N7O. The molecule has 8 nitrogen and oxygen atoms in total. The Labute approximate surface area is 154 Å². The SMILES string of the molecule is CN(C)c1ncc(CN(C)c2cc(N3CCCC(CO)C3)ncn2)cn1. The number of aromatic nitrogens is 4. The summed E-state index contributed by atoms with van der Waals surface area (Å²) in [7, 11) is 5.84. The van der Waals surface area contributed by atoms with Crippen LogP contribution in [0.4, 0.5) is 17.6 Å². The molecule has 0 saturated carbocycles. The van der Waals surface area contributed by atoms with Gasteiger partial charge in [0.2, 0.25) is 5.95 Å². The third-order valence-electron chi connectivity index (χ3n) is 4.64. The zero-order valence-electron chi connectivity index (χ0n) is 15.7. The first-order chi connectivity index (χ1) is 12.6. The first-order valence-electron chi connectivity index (χ1n) is 8.94. The third-order valence-corrected chi connectivity index (χ3v) is 4.64. The number of hydrogen-bond acceptors (Lipinski definition) is 8. The van der Waals surface area contributed by atoms with Crippen molar-refractivity contribution in [3.8, 4) is 0 Å². The average Bonchev–Trinajstić information content (AvgIpc) is 2.68. The minimum absolute atomic E-state index is 0.233. The summed E-state index contributed by atoms with van der Waals surface area (Å²) in [5, 5.41) is 9.43. The number of nitrogens with zero attached hydrogens (tertiary/aromatic N) is 7. The van der Waals surface area contributed by atoms with Crippen LogP contribution < -0.4 is 14.7 Å². The van der Waals surface area contributed by atoms with Gasteiger partial charge < -0.3 is 19.8 Å². The Morgan fingerprint density at radius 1 is 1.15 bits per heavy atom. The van der Waals surface area contributed by atoms with E-state index in [0.717, 1.165) is 43.1 Å². The molecule has 1 atom stereocenters. The summed E-state index contributed by atoms with van der Waals surface area (Å²) < 4.78 is 0. The van der Waals surface area contributed by atoms with Crippen molar-refractivity contribution in [3.63, 3.8) is 0 Å². The van der Waals surface area contributed by atoms with Gasteiger partial charge in [-0.05, 0) is 18.8 Å². The van der Waals surface area contributed by atoms with E-state index in [1.807, 2.05) is 44.5 Å². The Morgan fingerprint density at radius 2 is 1.92 bits per heavy atom. The van der Waals surface area contributed by atoms with Crippen LogP contribution >= 0.6 is 0 Å². The summed E-state index contributed by atoms with van der Waals surface area (Å²) >= 11 is 0. The fraction of sp³-hybridized carbons (Fsp3) is 0.556. The van der Waals surface area contributed by atoms with Crippen molar-refractivity contribution < 1.29 is 5.11 Å². The van der Waals surface area contributed by atoms with E-state index >= 15 is 0 Å². The van der Waals surface area contributed by atoms with Crippen LogP contribution in [0.15, 0.2) is 24.8 Å². The molecule has 0 amide bonds.